The molecular formula is C13H15ClN2O3S. The van der Waals surface area contributed by atoms with Gasteiger partial charge in [-0.1, -0.05) is 18.0 Å². The summed E-state index contributed by atoms with van der Waals surface area (Å²) in [5, 5.41) is 0.0451. The van der Waals surface area contributed by atoms with Crippen molar-refractivity contribution in [2.24, 2.45) is 0 Å². The molecule has 1 aromatic carbocycles. The molecule has 0 saturated carbocycles. The molecule has 108 valence electrons. The number of H-pyrrole nitrogens is 1. The van der Waals surface area contributed by atoms with Gasteiger partial charge in [-0.3, -0.25) is 4.57 Å². The lowest BCUT2D eigenvalue weighted by molar-refractivity contribution is 0.508. The molecule has 1 aliphatic rings. The highest BCUT2D eigenvalue weighted by atomic mass is 35.5. The molecule has 1 atom stereocenters. The van der Waals surface area contributed by atoms with Crippen LogP contribution in [0.5, 0.6) is 0 Å². The summed E-state index contributed by atoms with van der Waals surface area (Å²) in [4.78, 5) is 14.7. The minimum Gasteiger partial charge on any atom is -0.306 e. The van der Waals surface area contributed by atoms with E-state index in [0.717, 1.165) is 6.42 Å². The third-order valence-corrected chi connectivity index (χ3v) is 6.33. The van der Waals surface area contributed by atoms with Crippen molar-refractivity contribution >= 4 is 32.5 Å². The van der Waals surface area contributed by atoms with E-state index in [2.05, 4.69) is 4.98 Å². The lowest BCUT2D eigenvalue weighted by Gasteiger charge is -2.22. The predicted molar refractivity (Wildman–Crippen MR) is 79.0 cm³/mol. The number of rotatable bonds is 2. The molecule has 3 rings (SSSR count). The van der Waals surface area contributed by atoms with Gasteiger partial charge in [0.25, 0.3) is 0 Å². The highest BCUT2D eigenvalue weighted by Gasteiger charge is 2.29. The van der Waals surface area contributed by atoms with E-state index in [9.17, 15) is 13.2 Å². The molecule has 1 unspecified atom stereocenters. The number of sulfone groups is 1. The Hall–Kier alpha value is -1.27. The molecule has 1 N–H and O–H groups in total. The smallest absolute Gasteiger partial charge is 0.306 e. The molecule has 20 heavy (non-hydrogen) atoms. The summed E-state index contributed by atoms with van der Waals surface area (Å²) in [7, 11) is -3.10. The molecule has 2 heterocycles. The number of hydrogen-bond donors (Lipinski definition) is 1. The molecule has 1 aliphatic heterocycles. The average Bonchev–Trinajstić information content (AvgIpc) is 2.68. The van der Waals surface area contributed by atoms with Gasteiger partial charge in [0, 0.05) is 11.6 Å². The Kier molecular flexibility index (Phi) is 3.38. The van der Waals surface area contributed by atoms with Crippen molar-refractivity contribution in [3.8, 4) is 0 Å². The molecule has 1 fully saturated rings. The van der Waals surface area contributed by atoms with Gasteiger partial charge < -0.3 is 4.98 Å². The van der Waals surface area contributed by atoms with Crippen molar-refractivity contribution in [2.45, 2.75) is 31.1 Å². The van der Waals surface area contributed by atoms with Gasteiger partial charge in [-0.2, -0.15) is 0 Å². The Morgan fingerprint density at radius 2 is 2.15 bits per heavy atom. The van der Waals surface area contributed by atoms with Gasteiger partial charge in [-0.15, -0.1) is 0 Å². The quantitative estimate of drug-likeness (QED) is 0.921. The number of aromatic nitrogens is 2. The van der Waals surface area contributed by atoms with Gasteiger partial charge in [0.2, 0.25) is 0 Å². The zero-order chi connectivity index (χ0) is 14.3. The lowest BCUT2D eigenvalue weighted by Crippen LogP contribution is -2.34. The highest BCUT2D eigenvalue weighted by Crippen LogP contribution is 2.23. The first-order chi connectivity index (χ1) is 9.47. The second-order valence-corrected chi connectivity index (χ2v) is 8.02. The van der Waals surface area contributed by atoms with Crippen LogP contribution in [-0.2, 0) is 16.4 Å². The molecule has 0 radical (unpaired) electrons. The number of halogens is 1. The van der Waals surface area contributed by atoms with E-state index in [1.807, 2.05) is 0 Å². The summed E-state index contributed by atoms with van der Waals surface area (Å²) >= 11 is 5.95. The van der Waals surface area contributed by atoms with Crippen LogP contribution in [0, 0.1) is 0 Å². The summed E-state index contributed by atoms with van der Waals surface area (Å²) in [6, 6.07) is 5.11. The maximum Gasteiger partial charge on any atom is 0.326 e. The van der Waals surface area contributed by atoms with Crippen LogP contribution >= 0.6 is 11.6 Å². The first-order valence-corrected chi connectivity index (χ1v) is 8.66. The minimum atomic E-state index is -3.10. The van der Waals surface area contributed by atoms with Crippen LogP contribution in [0.3, 0.4) is 0 Å². The van der Waals surface area contributed by atoms with Crippen LogP contribution in [0.25, 0.3) is 11.0 Å². The van der Waals surface area contributed by atoms with Gasteiger partial charge in [-0.05, 0) is 31.0 Å². The number of aromatic amines is 1. The SMILES string of the molecule is O=c1[nH]c2ccc(Cl)cc2n1CC1CCCCS1(=O)=O. The first kappa shape index (κ1) is 13.7. The summed E-state index contributed by atoms with van der Waals surface area (Å²) < 4.78 is 25.6. The maximum absolute atomic E-state index is 12.1. The van der Waals surface area contributed by atoms with E-state index >= 15 is 0 Å². The summed E-state index contributed by atoms with van der Waals surface area (Å²) in [6.07, 6.45) is 2.22. The molecular weight excluding hydrogens is 300 g/mol. The van der Waals surface area contributed by atoms with Crippen molar-refractivity contribution in [1.82, 2.24) is 9.55 Å². The third-order valence-electron chi connectivity index (χ3n) is 3.84. The fourth-order valence-corrected chi connectivity index (χ4v) is 4.75. The van der Waals surface area contributed by atoms with E-state index in [4.69, 9.17) is 11.6 Å². The van der Waals surface area contributed by atoms with Crippen LogP contribution in [0.1, 0.15) is 19.3 Å². The second kappa shape index (κ2) is 4.93. The number of nitrogens with zero attached hydrogens (tertiary/aromatic N) is 1. The molecule has 0 amide bonds. The number of fused-ring (bicyclic) bond motifs is 1. The highest BCUT2D eigenvalue weighted by molar-refractivity contribution is 7.92. The fourth-order valence-electron chi connectivity index (χ4n) is 2.74. The molecule has 5 nitrogen and oxygen atoms in total. The Morgan fingerprint density at radius 1 is 1.35 bits per heavy atom. The summed E-state index contributed by atoms with van der Waals surface area (Å²) in [5.41, 5.74) is 1.04. The van der Waals surface area contributed by atoms with Crippen LogP contribution in [-0.4, -0.2) is 29.0 Å². The molecule has 1 aromatic heterocycles. The van der Waals surface area contributed by atoms with E-state index in [0.29, 0.717) is 28.9 Å². The van der Waals surface area contributed by atoms with Gasteiger partial charge in [-0.25, -0.2) is 13.2 Å². The van der Waals surface area contributed by atoms with E-state index in [-0.39, 0.29) is 18.0 Å². The van der Waals surface area contributed by atoms with Crippen LogP contribution in [0.2, 0.25) is 5.02 Å². The summed E-state index contributed by atoms with van der Waals surface area (Å²) in [6.45, 7) is 0.196. The Balaban J connectivity index is 2.04. The second-order valence-electron chi connectivity index (χ2n) is 5.19. The van der Waals surface area contributed by atoms with Gasteiger partial charge in [0.15, 0.2) is 9.84 Å². The Labute approximate surface area is 121 Å². The Morgan fingerprint density at radius 3 is 2.90 bits per heavy atom. The lowest BCUT2D eigenvalue weighted by atomic mass is 10.2. The maximum atomic E-state index is 12.1. The standard InChI is InChI=1S/C13H15ClN2O3S/c14-9-4-5-11-12(7-9)16(13(17)15-11)8-10-3-1-2-6-20(10,18)19/h4-5,7,10H,1-3,6,8H2,(H,15,17). The predicted octanol–water partition coefficient (Wildman–Crippen LogP) is 1.95. The minimum absolute atomic E-state index is 0.196. The normalized spacial score (nSPS) is 22.1. The van der Waals surface area contributed by atoms with Gasteiger partial charge in [0.1, 0.15) is 0 Å². The van der Waals surface area contributed by atoms with Crippen LogP contribution in [0.15, 0.2) is 23.0 Å². The van der Waals surface area contributed by atoms with E-state index in [1.165, 1.54) is 4.57 Å². The summed E-state index contributed by atoms with van der Waals surface area (Å²) in [5.74, 6) is 0.218. The van der Waals surface area contributed by atoms with Crippen molar-refractivity contribution in [3.05, 3.63) is 33.7 Å². The molecule has 0 spiro atoms. The molecule has 7 heteroatoms. The van der Waals surface area contributed by atoms with Crippen LogP contribution < -0.4 is 5.69 Å². The fraction of sp³-hybridized carbons (Fsp3) is 0.462. The number of nitrogens with one attached hydrogen (secondary N) is 1. The zero-order valence-electron chi connectivity index (χ0n) is 10.8. The topological polar surface area (TPSA) is 71.9 Å². The average molecular weight is 315 g/mol. The Bertz CT molecular complexity index is 807. The molecule has 1 saturated heterocycles. The van der Waals surface area contributed by atoms with E-state index in [1.54, 1.807) is 18.2 Å². The molecule has 0 bridgehead atoms. The largest absolute Gasteiger partial charge is 0.326 e. The number of imidazole rings is 1. The van der Waals surface area contributed by atoms with Crippen molar-refractivity contribution < 1.29 is 8.42 Å². The van der Waals surface area contributed by atoms with Gasteiger partial charge in [0.05, 0.1) is 22.0 Å². The zero-order valence-corrected chi connectivity index (χ0v) is 12.4. The van der Waals surface area contributed by atoms with Crippen molar-refractivity contribution in [3.63, 3.8) is 0 Å². The number of hydrogen-bond acceptors (Lipinski definition) is 3. The monoisotopic (exact) mass is 314 g/mol. The van der Waals surface area contributed by atoms with Crippen molar-refractivity contribution in [1.29, 1.82) is 0 Å². The first-order valence-electron chi connectivity index (χ1n) is 6.57. The number of benzene rings is 1. The van der Waals surface area contributed by atoms with Crippen molar-refractivity contribution in [2.75, 3.05) is 5.75 Å². The van der Waals surface area contributed by atoms with Crippen LogP contribution in [0.4, 0.5) is 0 Å². The van der Waals surface area contributed by atoms with Gasteiger partial charge >= 0.3 is 5.69 Å². The molecule has 2 aromatic rings. The third kappa shape index (κ3) is 2.38. The molecule has 0 aliphatic carbocycles. The van der Waals surface area contributed by atoms with E-state index < -0.39 is 15.1 Å².